The summed E-state index contributed by atoms with van der Waals surface area (Å²) in [6.45, 7) is -0.361. The van der Waals surface area contributed by atoms with Gasteiger partial charge in [0.1, 0.15) is 13.2 Å². The lowest BCUT2D eigenvalue weighted by Crippen LogP contribution is -2.40. The number of anilines is 1. The Morgan fingerprint density at radius 3 is 2.29 bits per heavy atom. The highest BCUT2D eigenvalue weighted by atomic mass is 32.2. The van der Waals surface area contributed by atoms with E-state index < -0.39 is 17.8 Å². The molecule has 7 nitrogen and oxygen atoms in total. The third-order valence-electron chi connectivity index (χ3n) is 4.55. The van der Waals surface area contributed by atoms with Crippen molar-refractivity contribution < 1.29 is 23.9 Å². The van der Waals surface area contributed by atoms with E-state index in [1.165, 1.54) is 16.7 Å². The second-order valence-corrected chi connectivity index (χ2v) is 7.28. The fourth-order valence-corrected chi connectivity index (χ4v) is 4.13. The molecule has 2 aromatic carbocycles. The minimum absolute atomic E-state index is 0.0293. The van der Waals surface area contributed by atoms with Gasteiger partial charge in [-0.25, -0.2) is 0 Å². The first-order valence-corrected chi connectivity index (χ1v) is 9.68. The summed E-state index contributed by atoms with van der Waals surface area (Å²) in [5.41, 5.74) is 1.39. The summed E-state index contributed by atoms with van der Waals surface area (Å²) in [4.78, 5) is 52.4. The number of ether oxygens (including phenoxy) is 1. The van der Waals surface area contributed by atoms with Gasteiger partial charge in [-0.2, -0.15) is 0 Å². The molecule has 0 aromatic heterocycles. The lowest BCUT2D eigenvalue weighted by atomic mass is 10.1. The molecule has 0 bridgehead atoms. The summed E-state index contributed by atoms with van der Waals surface area (Å²) in [7, 11) is 0. The topological polar surface area (TPSA) is 84.0 Å². The molecule has 3 amide bonds. The molecule has 2 aromatic rings. The van der Waals surface area contributed by atoms with Gasteiger partial charge in [-0.1, -0.05) is 24.3 Å². The number of benzene rings is 2. The van der Waals surface area contributed by atoms with Gasteiger partial charge in [-0.3, -0.25) is 29.0 Å². The van der Waals surface area contributed by atoms with Crippen molar-refractivity contribution in [3.8, 4) is 0 Å². The predicted octanol–water partition coefficient (Wildman–Crippen LogP) is 1.96. The normalized spacial score (nSPS) is 15.5. The molecule has 0 saturated carbocycles. The third-order valence-corrected chi connectivity index (χ3v) is 5.60. The number of amides is 3. The molecule has 0 atom stereocenters. The Bertz CT molecular complexity index is 955. The van der Waals surface area contributed by atoms with Crippen molar-refractivity contribution in [3.05, 3.63) is 59.7 Å². The Morgan fingerprint density at radius 2 is 1.57 bits per heavy atom. The first-order chi connectivity index (χ1) is 13.6. The zero-order valence-corrected chi connectivity index (χ0v) is 15.6. The number of rotatable bonds is 5. The van der Waals surface area contributed by atoms with Gasteiger partial charge >= 0.3 is 5.97 Å². The summed E-state index contributed by atoms with van der Waals surface area (Å²) in [5.74, 6) is -1.28. The molecule has 28 heavy (non-hydrogen) atoms. The maximum Gasteiger partial charge on any atom is 0.326 e. The minimum atomic E-state index is -0.591. The molecule has 0 aliphatic carbocycles. The zero-order chi connectivity index (χ0) is 19.7. The Balaban J connectivity index is 1.34. The molecule has 142 valence electrons. The molecular weight excluding hydrogens is 380 g/mol. The van der Waals surface area contributed by atoms with E-state index in [0.717, 1.165) is 9.80 Å². The Morgan fingerprint density at radius 1 is 0.929 bits per heavy atom. The van der Waals surface area contributed by atoms with Crippen molar-refractivity contribution in [2.24, 2.45) is 0 Å². The van der Waals surface area contributed by atoms with Gasteiger partial charge in [0.25, 0.3) is 11.8 Å². The number of esters is 1. The molecule has 0 spiro atoms. The van der Waals surface area contributed by atoms with Gasteiger partial charge in [0.2, 0.25) is 5.91 Å². The standard InChI is InChI=1S/C20H16N2O5S/c23-17-12-28-16-8-4-3-7-15(16)22(17)11-18(24)27-10-9-21-19(25)13-5-1-2-6-14(13)20(21)26/h1-8H,9-12H2. The van der Waals surface area contributed by atoms with Crippen LogP contribution in [0, 0.1) is 0 Å². The van der Waals surface area contributed by atoms with Crippen LogP contribution in [0.2, 0.25) is 0 Å². The second-order valence-electron chi connectivity index (χ2n) is 6.26. The maximum absolute atomic E-state index is 12.3. The first-order valence-electron chi connectivity index (χ1n) is 8.69. The number of hydrogen-bond donors (Lipinski definition) is 0. The van der Waals surface area contributed by atoms with E-state index in [-0.39, 0.29) is 31.4 Å². The number of hydrogen-bond acceptors (Lipinski definition) is 6. The lowest BCUT2D eigenvalue weighted by molar-refractivity contribution is -0.143. The molecule has 2 heterocycles. The van der Waals surface area contributed by atoms with E-state index in [2.05, 4.69) is 0 Å². The Kier molecular flexibility index (Phi) is 4.87. The van der Waals surface area contributed by atoms with Crippen LogP contribution in [0.3, 0.4) is 0 Å². The van der Waals surface area contributed by atoms with Crippen molar-refractivity contribution >= 4 is 41.1 Å². The lowest BCUT2D eigenvalue weighted by Gasteiger charge is -2.28. The van der Waals surface area contributed by atoms with Crippen LogP contribution in [0.4, 0.5) is 5.69 Å². The first kappa shape index (κ1) is 18.2. The molecule has 2 aliphatic heterocycles. The quantitative estimate of drug-likeness (QED) is 0.568. The number of para-hydroxylation sites is 1. The molecule has 0 fully saturated rings. The highest BCUT2D eigenvalue weighted by molar-refractivity contribution is 8.00. The average Bonchev–Trinajstić information content (AvgIpc) is 2.95. The number of carbonyl (C=O) groups excluding carboxylic acids is 4. The number of imide groups is 1. The van der Waals surface area contributed by atoms with Crippen LogP contribution in [0.1, 0.15) is 20.7 Å². The van der Waals surface area contributed by atoms with E-state index in [1.54, 1.807) is 36.4 Å². The van der Waals surface area contributed by atoms with E-state index in [0.29, 0.717) is 16.8 Å². The molecule has 8 heteroatoms. The van der Waals surface area contributed by atoms with Crippen LogP contribution < -0.4 is 4.90 Å². The van der Waals surface area contributed by atoms with Gasteiger partial charge in [0, 0.05) is 4.90 Å². The fourth-order valence-electron chi connectivity index (χ4n) is 3.20. The van der Waals surface area contributed by atoms with Crippen molar-refractivity contribution in [1.29, 1.82) is 0 Å². The molecule has 0 radical (unpaired) electrons. The van der Waals surface area contributed by atoms with Crippen LogP contribution in [0.25, 0.3) is 0 Å². The van der Waals surface area contributed by atoms with Crippen LogP contribution in [0.15, 0.2) is 53.4 Å². The van der Waals surface area contributed by atoms with E-state index in [9.17, 15) is 19.2 Å². The van der Waals surface area contributed by atoms with Gasteiger partial charge in [0.05, 0.1) is 29.1 Å². The Hall–Kier alpha value is -3.13. The van der Waals surface area contributed by atoms with Crippen LogP contribution in [-0.4, -0.2) is 54.0 Å². The molecular formula is C20H16N2O5S. The Labute approximate surface area is 165 Å². The smallest absolute Gasteiger partial charge is 0.326 e. The second kappa shape index (κ2) is 7.47. The fraction of sp³-hybridized carbons (Fsp3) is 0.200. The predicted molar refractivity (Wildman–Crippen MR) is 102 cm³/mol. The molecule has 4 rings (SSSR count). The maximum atomic E-state index is 12.3. The van der Waals surface area contributed by atoms with E-state index in [4.69, 9.17) is 4.74 Å². The van der Waals surface area contributed by atoms with Gasteiger partial charge in [-0.05, 0) is 24.3 Å². The molecule has 0 N–H and O–H groups in total. The average molecular weight is 396 g/mol. The van der Waals surface area contributed by atoms with Crippen molar-refractivity contribution in [2.45, 2.75) is 4.90 Å². The summed E-state index contributed by atoms with van der Waals surface area (Å²) in [6.07, 6.45) is 0. The highest BCUT2D eigenvalue weighted by Gasteiger charge is 2.35. The third kappa shape index (κ3) is 3.27. The van der Waals surface area contributed by atoms with Crippen molar-refractivity contribution in [2.75, 3.05) is 30.3 Å². The highest BCUT2D eigenvalue weighted by Crippen LogP contribution is 2.34. The minimum Gasteiger partial charge on any atom is -0.462 e. The largest absolute Gasteiger partial charge is 0.462 e. The van der Waals surface area contributed by atoms with E-state index >= 15 is 0 Å². The SMILES string of the molecule is O=C(CN1C(=O)CSc2ccccc21)OCCN1C(=O)c2ccccc2C1=O. The number of thioether (sulfide) groups is 1. The van der Waals surface area contributed by atoms with Gasteiger partial charge in [0.15, 0.2) is 0 Å². The number of fused-ring (bicyclic) bond motifs is 2. The molecule has 0 saturated heterocycles. The summed E-state index contributed by atoms with van der Waals surface area (Å²) < 4.78 is 5.18. The summed E-state index contributed by atoms with van der Waals surface area (Å²) in [5, 5.41) is 0. The van der Waals surface area contributed by atoms with Crippen LogP contribution in [-0.2, 0) is 14.3 Å². The number of carbonyl (C=O) groups is 4. The van der Waals surface area contributed by atoms with Gasteiger partial charge in [-0.15, -0.1) is 11.8 Å². The van der Waals surface area contributed by atoms with Crippen molar-refractivity contribution in [3.63, 3.8) is 0 Å². The monoisotopic (exact) mass is 396 g/mol. The molecule has 2 aliphatic rings. The van der Waals surface area contributed by atoms with Crippen LogP contribution in [0.5, 0.6) is 0 Å². The van der Waals surface area contributed by atoms with Gasteiger partial charge < -0.3 is 4.74 Å². The van der Waals surface area contributed by atoms with Crippen molar-refractivity contribution in [1.82, 2.24) is 4.90 Å². The molecule has 0 unspecified atom stereocenters. The summed E-state index contributed by atoms with van der Waals surface area (Å²) in [6, 6.07) is 13.9. The van der Waals surface area contributed by atoms with E-state index in [1.807, 2.05) is 12.1 Å². The number of nitrogens with zero attached hydrogens (tertiary/aromatic N) is 2. The van der Waals surface area contributed by atoms with Crippen LogP contribution >= 0.6 is 11.8 Å². The summed E-state index contributed by atoms with van der Waals surface area (Å²) >= 11 is 1.43. The zero-order valence-electron chi connectivity index (χ0n) is 14.8.